The number of nitro benzene ring substituents is 1. The summed E-state index contributed by atoms with van der Waals surface area (Å²) in [4.78, 5) is 24.5. The molecule has 2 aliphatic heterocycles. The van der Waals surface area contributed by atoms with E-state index in [-0.39, 0.29) is 41.0 Å². The van der Waals surface area contributed by atoms with Crippen molar-refractivity contribution in [3.63, 3.8) is 0 Å². The molecule has 0 bridgehead atoms. The molecule has 0 aromatic heterocycles. The summed E-state index contributed by atoms with van der Waals surface area (Å²) in [6.07, 6.45) is -4.58. The number of hydrogen-bond acceptors (Lipinski definition) is 6. The lowest BCUT2D eigenvalue weighted by Crippen LogP contribution is -2.28. The van der Waals surface area contributed by atoms with Crippen molar-refractivity contribution < 1.29 is 32.4 Å². The normalized spacial score (nSPS) is 18.6. The van der Waals surface area contributed by atoms with Gasteiger partial charge in [0.15, 0.2) is 11.5 Å². The second-order valence-corrected chi connectivity index (χ2v) is 7.07. The van der Waals surface area contributed by atoms with Crippen molar-refractivity contribution in [2.24, 2.45) is 0 Å². The smallest absolute Gasteiger partial charge is 0.416 e. The molecule has 28 heavy (non-hydrogen) atoms. The van der Waals surface area contributed by atoms with E-state index >= 15 is 0 Å². The number of nitro groups is 1. The molecule has 0 unspecified atom stereocenters. The Kier molecular flexibility index (Phi) is 4.33. The summed E-state index contributed by atoms with van der Waals surface area (Å²) in [6, 6.07) is 6.91. The van der Waals surface area contributed by atoms with Crippen molar-refractivity contribution in [2.45, 2.75) is 11.6 Å². The highest BCUT2D eigenvalue weighted by Gasteiger charge is 2.40. The van der Waals surface area contributed by atoms with Crippen molar-refractivity contribution in [1.82, 2.24) is 0 Å². The van der Waals surface area contributed by atoms with E-state index in [2.05, 4.69) is 0 Å². The Morgan fingerprint density at radius 1 is 1.18 bits per heavy atom. The van der Waals surface area contributed by atoms with E-state index in [1.54, 1.807) is 0 Å². The van der Waals surface area contributed by atoms with Gasteiger partial charge < -0.3 is 9.47 Å². The Balaban J connectivity index is 1.81. The predicted octanol–water partition coefficient (Wildman–Crippen LogP) is 4.12. The van der Waals surface area contributed by atoms with Crippen LogP contribution in [0.2, 0.25) is 0 Å². The highest BCUT2D eigenvalue weighted by Crippen LogP contribution is 2.49. The molecule has 146 valence electrons. The topological polar surface area (TPSA) is 81.9 Å². The van der Waals surface area contributed by atoms with Gasteiger partial charge in [-0.15, -0.1) is 11.8 Å². The van der Waals surface area contributed by atoms with Gasteiger partial charge in [0.2, 0.25) is 12.7 Å². The average molecular weight is 412 g/mol. The van der Waals surface area contributed by atoms with Crippen LogP contribution in [0.25, 0.3) is 0 Å². The van der Waals surface area contributed by atoms with Crippen molar-refractivity contribution in [3.05, 3.63) is 57.6 Å². The minimum absolute atomic E-state index is 0.0155. The fourth-order valence-electron chi connectivity index (χ4n) is 3.07. The van der Waals surface area contributed by atoms with E-state index in [0.29, 0.717) is 0 Å². The van der Waals surface area contributed by atoms with Crippen LogP contribution in [0.15, 0.2) is 36.4 Å². The van der Waals surface area contributed by atoms with Gasteiger partial charge in [-0.05, 0) is 24.3 Å². The standard InChI is InChI=1S/C17H11F3N2O5S/c18-17(19,20)9-2-1-3-10(4-9)21-15(23)7-28-16(21)11-5-13-14(27-8-26-13)6-12(11)22(24)25/h1-6,16H,7-8H2/t16-/m1/s1. The lowest BCUT2D eigenvalue weighted by atomic mass is 10.1. The molecule has 0 radical (unpaired) electrons. The highest BCUT2D eigenvalue weighted by molar-refractivity contribution is 8.00. The number of rotatable bonds is 3. The number of carbonyl (C=O) groups is 1. The number of ether oxygens (including phenoxy) is 2. The summed E-state index contributed by atoms with van der Waals surface area (Å²) < 4.78 is 49.6. The van der Waals surface area contributed by atoms with Gasteiger partial charge in [-0.25, -0.2) is 0 Å². The van der Waals surface area contributed by atoms with Crippen LogP contribution in [-0.2, 0) is 11.0 Å². The average Bonchev–Trinajstić information content (AvgIpc) is 3.25. The van der Waals surface area contributed by atoms with E-state index in [4.69, 9.17) is 9.47 Å². The molecule has 2 aromatic rings. The van der Waals surface area contributed by atoms with Gasteiger partial charge in [-0.1, -0.05) is 6.07 Å². The Hall–Kier alpha value is -2.95. The number of carbonyl (C=O) groups excluding carboxylic acids is 1. The van der Waals surface area contributed by atoms with Gasteiger partial charge in [0.1, 0.15) is 5.37 Å². The van der Waals surface area contributed by atoms with Crippen molar-refractivity contribution >= 4 is 29.0 Å². The number of fused-ring (bicyclic) bond motifs is 1. The third kappa shape index (κ3) is 3.11. The number of benzene rings is 2. The van der Waals surface area contributed by atoms with E-state index in [0.717, 1.165) is 28.8 Å². The predicted molar refractivity (Wildman–Crippen MR) is 93.3 cm³/mol. The highest BCUT2D eigenvalue weighted by atomic mass is 32.2. The molecule has 7 nitrogen and oxygen atoms in total. The van der Waals surface area contributed by atoms with Crippen LogP contribution in [0.4, 0.5) is 24.5 Å². The number of thioether (sulfide) groups is 1. The van der Waals surface area contributed by atoms with Crippen molar-refractivity contribution in [2.75, 3.05) is 17.4 Å². The quantitative estimate of drug-likeness (QED) is 0.557. The van der Waals surface area contributed by atoms with E-state index in [9.17, 15) is 28.1 Å². The molecule has 2 aromatic carbocycles. The van der Waals surface area contributed by atoms with E-state index in [1.807, 2.05) is 0 Å². The lowest BCUT2D eigenvalue weighted by molar-refractivity contribution is -0.385. The Morgan fingerprint density at radius 3 is 2.57 bits per heavy atom. The number of amides is 1. The molecule has 2 heterocycles. The summed E-state index contributed by atoms with van der Waals surface area (Å²) >= 11 is 1.09. The molecule has 4 rings (SSSR count). The molecule has 1 fully saturated rings. The molecule has 0 aliphatic carbocycles. The number of alkyl halides is 3. The first-order valence-corrected chi connectivity index (χ1v) is 8.99. The molecule has 2 aliphatic rings. The van der Waals surface area contributed by atoms with Crippen LogP contribution < -0.4 is 14.4 Å². The molecular formula is C17H11F3N2O5S. The largest absolute Gasteiger partial charge is 0.454 e. The van der Waals surface area contributed by atoms with Crippen LogP contribution in [0.5, 0.6) is 11.5 Å². The number of anilines is 1. The van der Waals surface area contributed by atoms with Crippen LogP contribution in [0.3, 0.4) is 0 Å². The van der Waals surface area contributed by atoms with Crippen LogP contribution in [0, 0.1) is 10.1 Å². The molecule has 0 saturated carbocycles. The first-order chi connectivity index (χ1) is 13.3. The minimum atomic E-state index is -4.58. The summed E-state index contributed by atoms with van der Waals surface area (Å²) in [6.45, 7) is -0.0932. The molecule has 1 saturated heterocycles. The number of hydrogen-bond donors (Lipinski definition) is 0. The number of halogens is 3. The van der Waals surface area contributed by atoms with Gasteiger partial charge in [-0.2, -0.15) is 13.2 Å². The van der Waals surface area contributed by atoms with Gasteiger partial charge in [0.05, 0.1) is 27.9 Å². The maximum atomic E-state index is 13.1. The van der Waals surface area contributed by atoms with Crippen molar-refractivity contribution in [1.29, 1.82) is 0 Å². The van der Waals surface area contributed by atoms with Gasteiger partial charge in [0.25, 0.3) is 5.69 Å². The lowest BCUT2D eigenvalue weighted by Gasteiger charge is -2.25. The zero-order chi connectivity index (χ0) is 20.1. The fourth-order valence-corrected chi connectivity index (χ4v) is 4.26. The summed E-state index contributed by atoms with van der Waals surface area (Å²) in [7, 11) is 0. The fraction of sp³-hybridized carbons (Fsp3) is 0.235. The minimum Gasteiger partial charge on any atom is -0.454 e. The Morgan fingerprint density at radius 2 is 1.89 bits per heavy atom. The van der Waals surface area contributed by atoms with Gasteiger partial charge in [-0.3, -0.25) is 19.8 Å². The molecule has 0 spiro atoms. The van der Waals surface area contributed by atoms with E-state index < -0.39 is 27.9 Å². The van der Waals surface area contributed by atoms with Gasteiger partial charge in [0, 0.05) is 5.69 Å². The van der Waals surface area contributed by atoms with E-state index in [1.165, 1.54) is 24.3 Å². The maximum absolute atomic E-state index is 13.1. The molecular weight excluding hydrogens is 401 g/mol. The molecule has 11 heteroatoms. The van der Waals surface area contributed by atoms with Crippen LogP contribution in [-0.4, -0.2) is 23.4 Å². The van der Waals surface area contributed by atoms with Crippen molar-refractivity contribution in [3.8, 4) is 11.5 Å². The Bertz CT molecular complexity index is 982. The third-order valence-electron chi connectivity index (χ3n) is 4.30. The molecule has 0 N–H and O–H groups in total. The van der Waals surface area contributed by atoms with Crippen LogP contribution >= 0.6 is 11.8 Å². The Labute approximate surface area is 160 Å². The third-order valence-corrected chi connectivity index (χ3v) is 5.50. The van der Waals surface area contributed by atoms with Crippen LogP contribution in [0.1, 0.15) is 16.5 Å². The summed E-state index contributed by atoms with van der Waals surface area (Å²) in [5, 5.41) is 10.7. The SMILES string of the molecule is O=C1CS[C@H](c2cc3c(cc2[N+](=O)[O-])OCO3)N1c1cccc(C(F)(F)F)c1. The monoisotopic (exact) mass is 412 g/mol. The maximum Gasteiger partial charge on any atom is 0.416 e. The first-order valence-electron chi connectivity index (χ1n) is 7.94. The zero-order valence-corrected chi connectivity index (χ0v) is 14.7. The molecule has 1 atom stereocenters. The second-order valence-electron chi connectivity index (χ2n) is 6.00. The van der Waals surface area contributed by atoms with Gasteiger partial charge >= 0.3 is 6.18 Å². The zero-order valence-electron chi connectivity index (χ0n) is 13.9. The summed E-state index contributed by atoms with van der Waals surface area (Å²) in [5.74, 6) is 0.0215. The second kappa shape index (κ2) is 6.59. The first kappa shape index (κ1) is 18.4. The number of nitrogens with zero attached hydrogens (tertiary/aromatic N) is 2. The molecule has 1 amide bonds. The summed E-state index contributed by atoms with van der Waals surface area (Å²) in [5.41, 5.74) is -1.04.